The summed E-state index contributed by atoms with van der Waals surface area (Å²) in [5.41, 5.74) is 2.92. The fourth-order valence-corrected chi connectivity index (χ4v) is 4.47. The van der Waals surface area contributed by atoms with E-state index in [-0.39, 0.29) is 30.7 Å². The van der Waals surface area contributed by atoms with Gasteiger partial charge in [0.05, 0.1) is 18.3 Å². The molecule has 1 N–H and O–H groups in total. The second-order valence-corrected chi connectivity index (χ2v) is 8.46. The quantitative estimate of drug-likeness (QED) is 0.847. The van der Waals surface area contributed by atoms with Gasteiger partial charge in [0.2, 0.25) is 15.9 Å². The third-order valence-electron chi connectivity index (χ3n) is 4.18. The summed E-state index contributed by atoms with van der Waals surface area (Å²) < 4.78 is 30.8. The second-order valence-electron chi connectivity index (χ2n) is 6.37. The Morgan fingerprint density at radius 1 is 1.29 bits per heavy atom. The van der Waals surface area contributed by atoms with Crippen LogP contribution < -0.4 is 5.32 Å². The molecule has 134 valence electrons. The van der Waals surface area contributed by atoms with Crippen LogP contribution >= 0.6 is 0 Å². The first-order valence-corrected chi connectivity index (χ1v) is 9.78. The Bertz CT molecular complexity index is 668. The summed E-state index contributed by atoms with van der Waals surface area (Å²) in [5.74, 6) is -0.488. The van der Waals surface area contributed by atoms with Crippen LogP contribution in [-0.2, 0) is 19.6 Å². The van der Waals surface area contributed by atoms with Crippen LogP contribution in [0.2, 0.25) is 0 Å². The number of nitrogens with one attached hydrogen (secondary N) is 1. The van der Waals surface area contributed by atoms with E-state index in [1.54, 1.807) is 0 Å². The standard InChI is InChI=1S/C17H26N2O4S/c1-13-9-14(2)11-16(10-13)18-17(20)15-5-4-6-19(12-15)24(21,22)8-7-23-3/h9-11,15H,4-8,12H2,1-3H3,(H,18,20). The van der Waals surface area contributed by atoms with Crippen LogP contribution in [-0.4, -0.2) is 51.2 Å². The Hall–Kier alpha value is -1.44. The molecule has 1 aliphatic heterocycles. The van der Waals surface area contributed by atoms with Crippen LogP contribution in [0.3, 0.4) is 0 Å². The molecular weight excluding hydrogens is 328 g/mol. The van der Waals surface area contributed by atoms with Crippen LogP contribution in [0.15, 0.2) is 18.2 Å². The van der Waals surface area contributed by atoms with E-state index < -0.39 is 10.0 Å². The molecule has 6 nitrogen and oxygen atoms in total. The molecule has 24 heavy (non-hydrogen) atoms. The maximum Gasteiger partial charge on any atom is 0.228 e. The van der Waals surface area contributed by atoms with E-state index in [1.807, 2.05) is 32.0 Å². The normalized spacial score (nSPS) is 19.2. The van der Waals surface area contributed by atoms with E-state index in [9.17, 15) is 13.2 Å². The summed E-state index contributed by atoms with van der Waals surface area (Å²) >= 11 is 0. The number of carbonyl (C=O) groups excluding carboxylic acids is 1. The number of aryl methyl sites for hydroxylation is 2. The number of methoxy groups -OCH3 is 1. The maximum absolute atomic E-state index is 12.5. The molecule has 1 fully saturated rings. The number of rotatable bonds is 6. The summed E-state index contributed by atoms with van der Waals surface area (Å²) in [7, 11) is -1.89. The summed E-state index contributed by atoms with van der Waals surface area (Å²) in [6.45, 7) is 4.83. The minimum atomic E-state index is -3.37. The van der Waals surface area contributed by atoms with Crippen LogP contribution in [0.25, 0.3) is 0 Å². The summed E-state index contributed by atoms with van der Waals surface area (Å²) in [6, 6.07) is 5.88. The van der Waals surface area contributed by atoms with Crippen molar-refractivity contribution < 1.29 is 17.9 Å². The van der Waals surface area contributed by atoms with Crippen molar-refractivity contribution in [1.29, 1.82) is 0 Å². The van der Waals surface area contributed by atoms with Gasteiger partial charge in [0.15, 0.2) is 0 Å². The fourth-order valence-electron chi connectivity index (χ4n) is 3.02. The SMILES string of the molecule is COCCS(=O)(=O)N1CCCC(C(=O)Nc2cc(C)cc(C)c2)C1. The van der Waals surface area contributed by atoms with Crippen LogP contribution in [0.5, 0.6) is 0 Å². The Balaban J connectivity index is 2.02. The first kappa shape index (κ1) is 18.9. The molecule has 0 spiro atoms. The zero-order valence-corrected chi connectivity index (χ0v) is 15.4. The molecule has 0 aromatic heterocycles. The van der Waals surface area contributed by atoms with Gasteiger partial charge in [-0.25, -0.2) is 12.7 Å². The minimum Gasteiger partial charge on any atom is -0.384 e. The maximum atomic E-state index is 12.5. The number of ether oxygens (including phenoxy) is 1. The zero-order valence-electron chi connectivity index (χ0n) is 14.5. The van der Waals surface area contributed by atoms with Gasteiger partial charge in [-0.05, 0) is 49.9 Å². The van der Waals surface area contributed by atoms with Crippen molar-refractivity contribution in [2.24, 2.45) is 5.92 Å². The number of nitrogens with zero attached hydrogens (tertiary/aromatic N) is 1. The van der Waals surface area contributed by atoms with Crippen LogP contribution in [0, 0.1) is 19.8 Å². The Kier molecular flexibility index (Phi) is 6.37. The summed E-state index contributed by atoms with van der Waals surface area (Å²) in [4.78, 5) is 12.5. The van der Waals surface area contributed by atoms with Crippen molar-refractivity contribution in [1.82, 2.24) is 4.31 Å². The number of benzene rings is 1. The number of piperidine rings is 1. The second kappa shape index (κ2) is 8.09. The topological polar surface area (TPSA) is 75.7 Å². The van der Waals surface area contributed by atoms with Gasteiger partial charge in [-0.3, -0.25) is 4.79 Å². The molecule has 1 aromatic rings. The van der Waals surface area contributed by atoms with E-state index >= 15 is 0 Å². The predicted molar refractivity (Wildman–Crippen MR) is 94.5 cm³/mol. The Morgan fingerprint density at radius 3 is 2.58 bits per heavy atom. The lowest BCUT2D eigenvalue weighted by Gasteiger charge is -2.31. The molecule has 1 atom stereocenters. The van der Waals surface area contributed by atoms with Gasteiger partial charge >= 0.3 is 0 Å². The van der Waals surface area contributed by atoms with E-state index in [0.717, 1.165) is 16.8 Å². The molecule has 0 aliphatic carbocycles. The van der Waals surface area contributed by atoms with Gasteiger partial charge in [-0.2, -0.15) is 0 Å². The fraction of sp³-hybridized carbons (Fsp3) is 0.588. The average molecular weight is 354 g/mol. The highest BCUT2D eigenvalue weighted by atomic mass is 32.2. The molecule has 0 bridgehead atoms. The molecule has 1 unspecified atom stereocenters. The predicted octanol–water partition coefficient (Wildman–Crippen LogP) is 1.93. The molecule has 0 radical (unpaired) electrons. The lowest BCUT2D eigenvalue weighted by atomic mass is 9.98. The highest BCUT2D eigenvalue weighted by Gasteiger charge is 2.32. The molecule has 1 heterocycles. The number of sulfonamides is 1. The van der Waals surface area contributed by atoms with Gasteiger partial charge in [0.25, 0.3) is 0 Å². The lowest BCUT2D eigenvalue weighted by Crippen LogP contribution is -2.45. The van der Waals surface area contributed by atoms with Crippen LogP contribution in [0.1, 0.15) is 24.0 Å². The molecule has 7 heteroatoms. The van der Waals surface area contributed by atoms with Crippen molar-refractivity contribution in [3.05, 3.63) is 29.3 Å². The monoisotopic (exact) mass is 354 g/mol. The average Bonchev–Trinajstić information content (AvgIpc) is 2.52. The molecule has 1 aliphatic rings. The molecule has 1 saturated heterocycles. The first-order valence-electron chi connectivity index (χ1n) is 8.18. The minimum absolute atomic E-state index is 0.0467. The zero-order chi connectivity index (χ0) is 17.7. The summed E-state index contributed by atoms with van der Waals surface area (Å²) in [6.07, 6.45) is 1.39. The molecule has 1 aromatic carbocycles. The van der Waals surface area contributed by atoms with Crippen molar-refractivity contribution in [2.75, 3.05) is 37.9 Å². The summed E-state index contributed by atoms with van der Waals surface area (Å²) in [5, 5.41) is 2.92. The molecule has 2 rings (SSSR count). The highest BCUT2D eigenvalue weighted by molar-refractivity contribution is 7.89. The molecule has 1 amide bonds. The third kappa shape index (κ3) is 5.03. The van der Waals surface area contributed by atoms with Crippen molar-refractivity contribution in [3.8, 4) is 0 Å². The van der Waals surface area contributed by atoms with Gasteiger partial charge in [0.1, 0.15) is 0 Å². The van der Waals surface area contributed by atoms with E-state index in [1.165, 1.54) is 11.4 Å². The van der Waals surface area contributed by atoms with Crippen molar-refractivity contribution in [3.63, 3.8) is 0 Å². The third-order valence-corrected chi connectivity index (χ3v) is 5.98. The Labute approximate surface area is 144 Å². The van der Waals surface area contributed by atoms with Gasteiger partial charge in [0, 0.05) is 25.9 Å². The van der Waals surface area contributed by atoms with E-state index in [2.05, 4.69) is 5.32 Å². The number of hydrogen-bond acceptors (Lipinski definition) is 4. The highest BCUT2D eigenvalue weighted by Crippen LogP contribution is 2.22. The number of carbonyl (C=O) groups is 1. The number of amides is 1. The van der Waals surface area contributed by atoms with Gasteiger partial charge in [-0.15, -0.1) is 0 Å². The van der Waals surface area contributed by atoms with Crippen molar-refractivity contribution >= 4 is 21.6 Å². The lowest BCUT2D eigenvalue weighted by molar-refractivity contribution is -0.120. The first-order chi connectivity index (χ1) is 11.3. The molecule has 0 saturated carbocycles. The number of hydrogen-bond donors (Lipinski definition) is 1. The van der Waals surface area contributed by atoms with E-state index in [0.29, 0.717) is 19.4 Å². The smallest absolute Gasteiger partial charge is 0.228 e. The largest absolute Gasteiger partial charge is 0.384 e. The van der Waals surface area contributed by atoms with Crippen LogP contribution in [0.4, 0.5) is 5.69 Å². The van der Waals surface area contributed by atoms with E-state index in [4.69, 9.17) is 4.74 Å². The van der Waals surface area contributed by atoms with Gasteiger partial charge < -0.3 is 10.1 Å². The van der Waals surface area contributed by atoms with Crippen molar-refractivity contribution in [2.45, 2.75) is 26.7 Å². The molecular formula is C17H26N2O4S. The van der Waals surface area contributed by atoms with Gasteiger partial charge in [-0.1, -0.05) is 6.07 Å². The Morgan fingerprint density at radius 2 is 1.96 bits per heavy atom. The number of anilines is 1.